The minimum absolute atomic E-state index is 0.0864. The van der Waals surface area contributed by atoms with E-state index in [1.165, 1.54) is 43.4 Å². The number of nitrogens with one attached hydrogen (secondary N) is 1. The lowest BCUT2D eigenvalue weighted by atomic mass is 9.86. The minimum atomic E-state index is 0.0864. The van der Waals surface area contributed by atoms with E-state index in [2.05, 4.69) is 45.4 Å². The number of nitrogens with zero attached hydrogens (tertiary/aromatic N) is 2. The van der Waals surface area contributed by atoms with E-state index in [0.717, 1.165) is 25.1 Å². The van der Waals surface area contributed by atoms with Crippen molar-refractivity contribution >= 4 is 17.3 Å². The van der Waals surface area contributed by atoms with Crippen LogP contribution in [0.5, 0.6) is 0 Å². The normalized spacial score (nSPS) is 19.3. The molecule has 4 heteroatoms. The maximum absolute atomic E-state index is 12.7. The second-order valence-corrected chi connectivity index (χ2v) is 8.47. The molecule has 1 unspecified atom stereocenters. The maximum atomic E-state index is 12.7. The summed E-state index contributed by atoms with van der Waals surface area (Å²) in [7, 11) is 0. The Bertz CT molecular complexity index is 881. The van der Waals surface area contributed by atoms with Gasteiger partial charge in [0, 0.05) is 25.2 Å². The van der Waals surface area contributed by atoms with Crippen LogP contribution in [-0.4, -0.2) is 18.5 Å². The number of fused-ring (bicyclic) bond motifs is 1. The van der Waals surface area contributed by atoms with Crippen LogP contribution >= 0.6 is 0 Å². The van der Waals surface area contributed by atoms with Crippen LogP contribution in [0.25, 0.3) is 4.85 Å². The first-order chi connectivity index (χ1) is 14.2. The van der Waals surface area contributed by atoms with Crippen LogP contribution in [0.3, 0.4) is 0 Å². The molecular formula is C25H29N3O. The van der Waals surface area contributed by atoms with E-state index in [4.69, 9.17) is 6.57 Å². The molecule has 1 heterocycles. The van der Waals surface area contributed by atoms with Crippen molar-refractivity contribution in [3.63, 3.8) is 0 Å². The number of anilines is 1. The molecule has 1 amide bonds. The molecule has 0 radical (unpaired) electrons. The van der Waals surface area contributed by atoms with E-state index in [1.54, 1.807) is 0 Å². The van der Waals surface area contributed by atoms with Crippen LogP contribution in [0.1, 0.15) is 49.7 Å². The Balaban J connectivity index is 1.48. The Morgan fingerprint density at radius 2 is 1.90 bits per heavy atom. The third-order valence-electron chi connectivity index (χ3n) is 6.22. The van der Waals surface area contributed by atoms with E-state index in [1.807, 2.05) is 18.2 Å². The topological polar surface area (TPSA) is 36.7 Å². The molecular weight excluding hydrogens is 358 g/mol. The van der Waals surface area contributed by atoms with Crippen molar-refractivity contribution in [1.82, 2.24) is 5.32 Å². The number of hydrogen-bond acceptors (Lipinski definition) is 2. The van der Waals surface area contributed by atoms with Gasteiger partial charge in [0.2, 0.25) is 5.91 Å². The van der Waals surface area contributed by atoms with E-state index in [-0.39, 0.29) is 11.9 Å². The number of hydrogen-bond donors (Lipinski definition) is 1. The smallest absolute Gasteiger partial charge is 0.220 e. The highest BCUT2D eigenvalue weighted by atomic mass is 16.1. The van der Waals surface area contributed by atoms with E-state index < -0.39 is 0 Å². The van der Waals surface area contributed by atoms with Crippen LogP contribution in [0, 0.1) is 12.5 Å². The van der Waals surface area contributed by atoms with Crippen molar-refractivity contribution in [3.05, 3.63) is 71.1 Å². The zero-order valence-electron chi connectivity index (χ0n) is 16.9. The summed E-state index contributed by atoms with van der Waals surface area (Å²) in [6.45, 7) is 8.95. The highest BCUT2D eigenvalue weighted by Crippen LogP contribution is 2.32. The largest absolute Gasteiger partial charge is 0.365 e. The summed E-state index contributed by atoms with van der Waals surface area (Å²) in [6.07, 6.45) is 7.67. The van der Waals surface area contributed by atoms with Gasteiger partial charge in [0.15, 0.2) is 5.69 Å². The fraction of sp³-hybridized carbons (Fsp3) is 0.440. The standard InChI is InChI=1S/C25H29N3O/c1-26-22-12-13-24-21(15-22)16-23(18-28(24)17-20-10-6-3-7-11-20)27-25(29)14-19-8-4-2-5-9-19/h3,6-7,10-13,15,19,23H,2,4-5,8-9,14,16-18H2,(H,27,29). The highest BCUT2D eigenvalue weighted by Gasteiger charge is 2.27. The Morgan fingerprint density at radius 1 is 1.10 bits per heavy atom. The summed E-state index contributed by atoms with van der Waals surface area (Å²) >= 11 is 0. The van der Waals surface area contributed by atoms with E-state index >= 15 is 0 Å². The molecule has 150 valence electrons. The first-order valence-corrected chi connectivity index (χ1v) is 10.8. The second-order valence-electron chi connectivity index (χ2n) is 8.47. The summed E-state index contributed by atoms with van der Waals surface area (Å²) in [5, 5.41) is 3.30. The van der Waals surface area contributed by atoms with Crippen LogP contribution in [0.4, 0.5) is 11.4 Å². The van der Waals surface area contributed by atoms with Gasteiger partial charge in [-0.05, 0) is 42.4 Å². The van der Waals surface area contributed by atoms with Crippen LogP contribution in [0.2, 0.25) is 0 Å². The molecule has 1 aliphatic carbocycles. The molecule has 1 atom stereocenters. The number of rotatable bonds is 5. The van der Waals surface area contributed by atoms with Crippen molar-refractivity contribution in [2.75, 3.05) is 11.4 Å². The van der Waals surface area contributed by atoms with Crippen LogP contribution < -0.4 is 10.2 Å². The molecule has 29 heavy (non-hydrogen) atoms. The van der Waals surface area contributed by atoms with Gasteiger partial charge in [-0.2, -0.15) is 0 Å². The van der Waals surface area contributed by atoms with Gasteiger partial charge in [-0.15, -0.1) is 0 Å². The average Bonchev–Trinajstić information content (AvgIpc) is 2.74. The molecule has 2 aromatic carbocycles. The third kappa shape index (κ3) is 4.98. The average molecular weight is 388 g/mol. The van der Waals surface area contributed by atoms with Crippen LogP contribution in [0.15, 0.2) is 48.5 Å². The molecule has 1 saturated carbocycles. The number of amides is 1. The zero-order valence-corrected chi connectivity index (χ0v) is 16.9. The maximum Gasteiger partial charge on any atom is 0.220 e. The molecule has 4 rings (SSSR count). The fourth-order valence-corrected chi connectivity index (χ4v) is 4.80. The van der Waals surface area contributed by atoms with Gasteiger partial charge in [-0.3, -0.25) is 4.79 Å². The summed E-state index contributed by atoms with van der Waals surface area (Å²) < 4.78 is 0. The first-order valence-electron chi connectivity index (χ1n) is 10.8. The lowest BCUT2D eigenvalue weighted by Gasteiger charge is -2.37. The molecule has 4 nitrogen and oxygen atoms in total. The van der Waals surface area contributed by atoms with Crippen molar-refractivity contribution in [2.24, 2.45) is 5.92 Å². The minimum Gasteiger partial charge on any atom is -0.365 e. The summed E-state index contributed by atoms with van der Waals surface area (Å²) in [4.78, 5) is 18.6. The van der Waals surface area contributed by atoms with Gasteiger partial charge >= 0.3 is 0 Å². The van der Waals surface area contributed by atoms with Crippen molar-refractivity contribution < 1.29 is 4.79 Å². The van der Waals surface area contributed by atoms with Gasteiger partial charge in [0.25, 0.3) is 0 Å². The summed E-state index contributed by atoms with van der Waals surface area (Å²) in [5.41, 5.74) is 4.25. The summed E-state index contributed by atoms with van der Waals surface area (Å²) in [6, 6.07) is 16.5. The molecule has 0 aromatic heterocycles. The predicted octanol–water partition coefficient (Wildman–Crippen LogP) is 5.26. The zero-order chi connectivity index (χ0) is 20.1. The monoisotopic (exact) mass is 387 g/mol. The Hall–Kier alpha value is -2.80. The predicted molar refractivity (Wildman–Crippen MR) is 117 cm³/mol. The molecule has 1 aliphatic heterocycles. The van der Waals surface area contributed by atoms with Crippen molar-refractivity contribution in [3.8, 4) is 0 Å². The highest BCUT2D eigenvalue weighted by molar-refractivity contribution is 5.77. The third-order valence-corrected chi connectivity index (χ3v) is 6.22. The van der Waals surface area contributed by atoms with Crippen LogP contribution in [-0.2, 0) is 17.8 Å². The van der Waals surface area contributed by atoms with Gasteiger partial charge in [0.05, 0.1) is 12.6 Å². The van der Waals surface area contributed by atoms with Gasteiger partial charge < -0.3 is 10.2 Å². The quantitative estimate of drug-likeness (QED) is 0.711. The lowest BCUT2D eigenvalue weighted by Crippen LogP contribution is -2.48. The lowest BCUT2D eigenvalue weighted by molar-refractivity contribution is -0.122. The molecule has 2 aromatic rings. The SMILES string of the molecule is [C-]#[N+]c1ccc2c(c1)CC(NC(=O)CC1CCCCC1)CN2Cc1ccccc1. The van der Waals surface area contributed by atoms with Crippen molar-refractivity contribution in [2.45, 2.75) is 57.5 Å². The second kappa shape index (κ2) is 9.13. The number of carbonyl (C=O) groups excluding carboxylic acids is 1. The summed E-state index contributed by atoms with van der Waals surface area (Å²) in [5.74, 6) is 0.736. The Morgan fingerprint density at radius 3 is 2.66 bits per heavy atom. The fourth-order valence-electron chi connectivity index (χ4n) is 4.80. The molecule has 1 fully saturated rings. The van der Waals surface area contributed by atoms with Gasteiger partial charge in [0.1, 0.15) is 0 Å². The number of carbonyl (C=O) groups is 1. The molecule has 1 N–H and O–H groups in total. The Kier molecular flexibility index (Phi) is 6.14. The molecule has 0 spiro atoms. The molecule has 0 saturated heterocycles. The van der Waals surface area contributed by atoms with Crippen molar-refractivity contribution in [1.29, 1.82) is 0 Å². The first kappa shape index (κ1) is 19.5. The van der Waals surface area contributed by atoms with E-state index in [9.17, 15) is 4.79 Å². The molecule has 2 aliphatic rings. The Labute approximate surface area is 173 Å². The van der Waals surface area contributed by atoms with E-state index in [0.29, 0.717) is 18.0 Å². The molecule has 0 bridgehead atoms. The number of benzene rings is 2. The van der Waals surface area contributed by atoms with Gasteiger partial charge in [-0.25, -0.2) is 4.85 Å². The van der Waals surface area contributed by atoms with Gasteiger partial charge in [-0.1, -0.05) is 61.7 Å².